The summed E-state index contributed by atoms with van der Waals surface area (Å²) in [6.45, 7) is 4.45. The van der Waals surface area contributed by atoms with Gasteiger partial charge in [0.15, 0.2) is 6.10 Å². The molecule has 0 spiro atoms. The van der Waals surface area contributed by atoms with Gasteiger partial charge >= 0.3 is 0 Å². The molecule has 27 heavy (non-hydrogen) atoms. The van der Waals surface area contributed by atoms with Crippen LogP contribution in [0.1, 0.15) is 24.5 Å². The summed E-state index contributed by atoms with van der Waals surface area (Å²) in [7, 11) is 0. The number of carbonyl (C=O) groups is 1. The summed E-state index contributed by atoms with van der Waals surface area (Å²) >= 11 is 0. The molecule has 3 rings (SSSR count). The van der Waals surface area contributed by atoms with Gasteiger partial charge in [-0.05, 0) is 43.2 Å². The summed E-state index contributed by atoms with van der Waals surface area (Å²) in [6, 6.07) is 15.5. The van der Waals surface area contributed by atoms with Crippen molar-refractivity contribution < 1.29 is 13.9 Å². The molecule has 0 bridgehead atoms. The largest absolute Gasteiger partial charge is 0.481 e. The fourth-order valence-corrected chi connectivity index (χ4v) is 2.64. The third-order valence-corrected chi connectivity index (χ3v) is 4.18. The van der Waals surface area contributed by atoms with Crippen LogP contribution in [0.3, 0.4) is 0 Å². The van der Waals surface area contributed by atoms with Gasteiger partial charge in [-0.15, -0.1) is 0 Å². The Morgan fingerprint density at radius 1 is 1.15 bits per heavy atom. The van der Waals surface area contributed by atoms with Gasteiger partial charge < -0.3 is 10.1 Å². The molecule has 0 aliphatic carbocycles. The van der Waals surface area contributed by atoms with E-state index < -0.39 is 6.10 Å². The van der Waals surface area contributed by atoms with Crippen LogP contribution >= 0.6 is 0 Å². The molecule has 0 radical (unpaired) electrons. The lowest BCUT2D eigenvalue weighted by Gasteiger charge is -2.18. The maximum absolute atomic E-state index is 13.0. The van der Waals surface area contributed by atoms with Crippen molar-refractivity contribution in [3.05, 3.63) is 77.7 Å². The first-order valence-electron chi connectivity index (χ1n) is 8.85. The normalized spacial score (nSPS) is 11.8. The number of nitrogens with zero attached hydrogens (tertiary/aromatic N) is 2. The maximum atomic E-state index is 13.0. The van der Waals surface area contributed by atoms with Crippen LogP contribution in [0.15, 0.2) is 60.8 Å². The molecule has 0 saturated carbocycles. The quantitative estimate of drug-likeness (QED) is 0.682. The molecule has 1 amide bonds. The molecule has 0 aliphatic rings. The molecule has 6 heteroatoms. The summed E-state index contributed by atoms with van der Waals surface area (Å²) in [4.78, 5) is 12.6. The number of rotatable bonds is 7. The van der Waals surface area contributed by atoms with E-state index in [1.54, 1.807) is 16.9 Å². The van der Waals surface area contributed by atoms with Crippen LogP contribution in [0.25, 0.3) is 0 Å². The lowest BCUT2D eigenvalue weighted by atomic mass is 10.1. The topological polar surface area (TPSA) is 56.1 Å². The fraction of sp³-hybridized carbons (Fsp3) is 0.238. The van der Waals surface area contributed by atoms with Crippen molar-refractivity contribution in [1.29, 1.82) is 0 Å². The molecule has 1 N–H and O–H groups in total. The molecular weight excluding hydrogens is 345 g/mol. The second-order valence-electron chi connectivity index (χ2n) is 6.32. The average molecular weight is 367 g/mol. The highest BCUT2D eigenvalue weighted by Crippen LogP contribution is 2.16. The van der Waals surface area contributed by atoms with Gasteiger partial charge in [-0.2, -0.15) is 5.10 Å². The minimum absolute atomic E-state index is 0.271. The van der Waals surface area contributed by atoms with E-state index in [9.17, 15) is 9.18 Å². The highest BCUT2D eigenvalue weighted by atomic mass is 19.1. The van der Waals surface area contributed by atoms with E-state index in [1.165, 1.54) is 29.8 Å². The second-order valence-corrected chi connectivity index (χ2v) is 6.32. The minimum Gasteiger partial charge on any atom is -0.481 e. The van der Waals surface area contributed by atoms with Gasteiger partial charge in [0.25, 0.3) is 5.91 Å². The third-order valence-electron chi connectivity index (χ3n) is 4.18. The van der Waals surface area contributed by atoms with Gasteiger partial charge in [0, 0.05) is 6.07 Å². The molecule has 2 aromatic carbocycles. The van der Waals surface area contributed by atoms with Gasteiger partial charge in [0.1, 0.15) is 17.4 Å². The number of amides is 1. The van der Waals surface area contributed by atoms with Crippen molar-refractivity contribution >= 4 is 11.7 Å². The van der Waals surface area contributed by atoms with Crippen LogP contribution in [0.5, 0.6) is 5.75 Å². The number of hydrogen-bond acceptors (Lipinski definition) is 3. The summed E-state index contributed by atoms with van der Waals surface area (Å²) in [5.41, 5.74) is 2.28. The zero-order valence-electron chi connectivity index (χ0n) is 15.4. The first kappa shape index (κ1) is 18.6. The molecule has 140 valence electrons. The number of aromatic nitrogens is 2. The summed E-state index contributed by atoms with van der Waals surface area (Å²) in [6.07, 6.45) is 1.44. The SMILES string of the molecule is CCC(Oc1ccc(F)cc1)C(=O)Nc1ccnn1Cc1ccc(C)cc1. The molecule has 1 aromatic heterocycles. The van der Waals surface area contributed by atoms with Crippen LogP contribution < -0.4 is 10.1 Å². The Balaban J connectivity index is 1.67. The van der Waals surface area contributed by atoms with Crippen LogP contribution in [-0.2, 0) is 11.3 Å². The first-order valence-corrected chi connectivity index (χ1v) is 8.85. The number of ether oxygens (including phenoxy) is 1. The Labute approximate surface area is 157 Å². The molecule has 1 heterocycles. The van der Waals surface area contributed by atoms with Crippen LogP contribution in [0, 0.1) is 12.7 Å². The van der Waals surface area contributed by atoms with Crippen molar-refractivity contribution in [2.24, 2.45) is 0 Å². The zero-order chi connectivity index (χ0) is 19.2. The molecule has 1 unspecified atom stereocenters. The van der Waals surface area contributed by atoms with E-state index in [0.29, 0.717) is 24.5 Å². The monoisotopic (exact) mass is 367 g/mol. The lowest BCUT2D eigenvalue weighted by Crippen LogP contribution is -2.33. The zero-order valence-corrected chi connectivity index (χ0v) is 15.4. The number of hydrogen-bond donors (Lipinski definition) is 1. The number of carbonyl (C=O) groups excluding carboxylic acids is 1. The second kappa shape index (κ2) is 8.49. The molecular formula is C21H22FN3O2. The van der Waals surface area contributed by atoms with E-state index in [2.05, 4.69) is 10.4 Å². The number of nitrogens with one attached hydrogen (secondary N) is 1. The van der Waals surface area contributed by atoms with Crippen LogP contribution in [0.2, 0.25) is 0 Å². The van der Waals surface area contributed by atoms with Gasteiger partial charge in [0.05, 0.1) is 12.7 Å². The van der Waals surface area contributed by atoms with E-state index in [-0.39, 0.29) is 11.7 Å². The predicted octanol–water partition coefficient (Wildman–Crippen LogP) is 4.18. The molecule has 5 nitrogen and oxygen atoms in total. The lowest BCUT2D eigenvalue weighted by molar-refractivity contribution is -0.122. The first-order chi connectivity index (χ1) is 13.0. The highest BCUT2D eigenvalue weighted by molar-refractivity contribution is 5.93. The molecule has 0 fully saturated rings. The number of anilines is 1. The summed E-state index contributed by atoms with van der Waals surface area (Å²) < 4.78 is 20.4. The minimum atomic E-state index is -0.682. The Bertz CT molecular complexity index is 889. The number of halogens is 1. The van der Waals surface area contributed by atoms with Crippen LogP contribution in [-0.4, -0.2) is 21.8 Å². The van der Waals surface area contributed by atoms with Gasteiger partial charge in [-0.3, -0.25) is 4.79 Å². The molecule has 0 aliphatic heterocycles. The Morgan fingerprint density at radius 2 is 1.85 bits per heavy atom. The van der Waals surface area contributed by atoms with Gasteiger partial charge in [0.2, 0.25) is 0 Å². The van der Waals surface area contributed by atoms with Crippen molar-refractivity contribution in [1.82, 2.24) is 9.78 Å². The third kappa shape index (κ3) is 4.94. The Kier molecular flexibility index (Phi) is 5.86. The predicted molar refractivity (Wildman–Crippen MR) is 102 cm³/mol. The van der Waals surface area contributed by atoms with Crippen molar-refractivity contribution in [2.75, 3.05) is 5.32 Å². The van der Waals surface area contributed by atoms with Crippen molar-refractivity contribution in [2.45, 2.75) is 32.9 Å². The Hall–Kier alpha value is -3.15. The van der Waals surface area contributed by atoms with Crippen molar-refractivity contribution in [3.63, 3.8) is 0 Å². The fourth-order valence-electron chi connectivity index (χ4n) is 2.64. The summed E-state index contributed by atoms with van der Waals surface area (Å²) in [5.74, 6) is 0.431. The molecule has 3 aromatic rings. The number of benzene rings is 2. The van der Waals surface area contributed by atoms with E-state index in [1.807, 2.05) is 38.1 Å². The number of aryl methyl sites for hydroxylation is 1. The highest BCUT2D eigenvalue weighted by Gasteiger charge is 2.20. The smallest absolute Gasteiger partial charge is 0.266 e. The van der Waals surface area contributed by atoms with Crippen LogP contribution in [0.4, 0.5) is 10.2 Å². The maximum Gasteiger partial charge on any atom is 0.266 e. The van der Waals surface area contributed by atoms with Gasteiger partial charge in [-0.25, -0.2) is 9.07 Å². The standard InChI is InChI=1S/C21H22FN3O2/c1-3-19(27-18-10-8-17(22)9-11-18)21(26)24-20-12-13-23-25(20)14-16-6-4-15(2)5-7-16/h4-13,19H,3,14H2,1-2H3,(H,24,26). The van der Waals surface area contributed by atoms with E-state index in [4.69, 9.17) is 4.74 Å². The molecule has 1 atom stereocenters. The Morgan fingerprint density at radius 3 is 2.52 bits per heavy atom. The van der Waals surface area contributed by atoms with E-state index in [0.717, 1.165) is 5.56 Å². The van der Waals surface area contributed by atoms with Crippen molar-refractivity contribution in [3.8, 4) is 5.75 Å². The summed E-state index contributed by atoms with van der Waals surface area (Å²) in [5, 5.41) is 7.15. The average Bonchev–Trinajstić information content (AvgIpc) is 3.09. The van der Waals surface area contributed by atoms with E-state index >= 15 is 0 Å². The molecule has 0 saturated heterocycles. The van der Waals surface area contributed by atoms with Gasteiger partial charge in [-0.1, -0.05) is 36.8 Å².